The minimum Gasteiger partial charge on any atom is -0.351 e. The molecule has 1 heterocycles. The van der Waals surface area contributed by atoms with Crippen LogP contribution in [0.15, 0.2) is 24.3 Å². The van der Waals surface area contributed by atoms with E-state index < -0.39 is 0 Å². The molecule has 0 unspecified atom stereocenters. The molecule has 2 rings (SSSR count). The molecule has 0 aliphatic rings. The number of nitrogens with one attached hydrogen (secondary N) is 1. The van der Waals surface area contributed by atoms with Gasteiger partial charge in [0.05, 0.1) is 4.88 Å². The standard InChI is InChI=1S/C17H22FNOS/c1-10(2)14(11(3)4)9-19-17(20)16-8-12-7-13(18)5-6-15(12)21-16/h5-8,10-11,14H,9H2,1-4H3,(H,19,20). The van der Waals surface area contributed by atoms with E-state index in [4.69, 9.17) is 0 Å². The highest BCUT2D eigenvalue weighted by Gasteiger charge is 2.19. The molecular formula is C17H22FNOS. The van der Waals surface area contributed by atoms with Gasteiger partial charge >= 0.3 is 0 Å². The lowest BCUT2D eigenvalue weighted by atomic mass is 9.85. The van der Waals surface area contributed by atoms with E-state index in [1.165, 1.54) is 23.5 Å². The number of amides is 1. The number of hydrogen-bond donors (Lipinski definition) is 1. The molecule has 1 amide bonds. The number of halogens is 1. The number of thiophene rings is 1. The molecule has 4 heteroatoms. The summed E-state index contributed by atoms with van der Waals surface area (Å²) in [6.07, 6.45) is 0. The molecule has 0 saturated carbocycles. The Kier molecular flexibility index (Phi) is 4.99. The molecule has 114 valence electrons. The number of hydrogen-bond acceptors (Lipinski definition) is 2. The smallest absolute Gasteiger partial charge is 0.261 e. The van der Waals surface area contributed by atoms with E-state index in [9.17, 15) is 9.18 Å². The summed E-state index contributed by atoms with van der Waals surface area (Å²) in [4.78, 5) is 12.9. The van der Waals surface area contributed by atoms with Gasteiger partial charge in [-0.2, -0.15) is 0 Å². The van der Waals surface area contributed by atoms with Crippen LogP contribution < -0.4 is 5.32 Å². The van der Waals surface area contributed by atoms with Gasteiger partial charge in [-0.15, -0.1) is 11.3 Å². The summed E-state index contributed by atoms with van der Waals surface area (Å²) in [5.41, 5.74) is 0. The fourth-order valence-corrected chi connectivity index (χ4v) is 3.62. The minimum absolute atomic E-state index is 0.0668. The first-order valence-electron chi connectivity index (χ1n) is 7.35. The summed E-state index contributed by atoms with van der Waals surface area (Å²) in [5.74, 6) is 1.18. The Bertz CT molecular complexity index is 625. The predicted molar refractivity (Wildman–Crippen MR) is 87.3 cm³/mol. The van der Waals surface area contributed by atoms with Crippen molar-refractivity contribution >= 4 is 27.3 Å². The van der Waals surface area contributed by atoms with Gasteiger partial charge in [-0.05, 0) is 47.4 Å². The van der Waals surface area contributed by atoms with Crippen LogP contribution in [0.1, 0.15) is 37.4 Å². The topological polar surface area (TPSA) is 29.1 Å². The van der Waals surface area contributed by atoms with Crippen molar-refractivity contribution < 1.29 is 9.18 Å². The predicted octanol–water partition coefficient (Wildman–Crippen LogP) is 4.70. The lowest BCUT2D eigenvalue weighted by molar-refractivity contribution is 0.0941. The average molecular weight is 307 g/mol. The van der Waals surface area contributed by atoms with E-state index in [0.29, 0.717) is 29.2 Å². The zero-order valence-corrected chi connectivity index (χ0v) is 13.8. The van der Waals surface area contributed by atoms with Gasteiger partial charge in [-0.25, -0.2) is 4.39 Å². The highest BCUT2D eigenvalue weighted by Crippen LogP contribution is 2.26. The van der Waals surface area contributed by atoms with Crippen LogP contribution in [0.5, 0.6) is 0 Å². The van der Waals surface area contributed by atoms with Crippen molar-refractivity contribution in [3.05, 3.63) is 35.0 Å². The quantitative estimate of drug-likeness (QED) is 0.852. The van der Waals surface area contributed by atoms with Crippen molar-refractivity contribution in [3.63, 3.8) is 0 Å². The fourth-order valence-electron chi connectivity index (χ4n) is 2.66. The van der Waals surface area contributed by atoms with Crippen LogP contribution >= 0.6 is 11.3 Å². The molecule has 2 nitrogen and oxygen atoms in total. The van der Waals surface area contributed by atoms with Crippen molar-refractivity contribution in [2.45, 2.75) is 27.7 Å². The van der Waals surface area contributed by atoms with Gasteiger partial charge < -0.3 is 5.32 Å². The first kappa shape index (κ1) is 16.0. The average Bonchev–Trinajstić information content (AvgIpc) is 2.80. The Morgan fingerprint density at radius 1 is 1.19 bits per heavy atom. The van der Waals surface area contributed by atoms with Crippen LogP contribution in [0.2, 0.25) is 0 Å². The molecule has 0 spiro atoms. The van der Waals surface area contributed by atoms with Crippen LogP contribution in [0, 0.1) is 23.6 Å². The number of fused-ring (bicyclic) bond motifs is 1. The molecule has 0 atom stereocenters. The van der Waals surface area contributed by atoms with Crippen molar-refractivity contribution in [1.82, 2.24) is 5.32 Å². The van der Waals surface area contributed by atoms with E-state index in [1.54, 1.807) is 12.1 Å². The number of rotatable bonds is 5. The summed E-state index contributed by atoms with van der Waals surface area (Å²) in [7, 11) is 0. The largest absolute Gasteiger partial charge is 0.351 e. The van der Waals surface area contributed by atoms with E-state index >= 15 is 0 Å². The van der Waals surface area contributed by atoms with E-state index in [2.05, 4.69) is 33.0 Å². The number of carbonyl (C=O) groups is 1. The number of benzene rings is 1. The van der Waals surface area contributed by atoms with E-state index in [1.807, 2.05) is 0 Å². The Morgan fingerprint density at radius 2 is 1.86 bits per heavy atom. The van der Waals surface area contributed by atoms with Crippen LogP contribution in [0.4, 0.5) is 4.39 Å². The zero-order chi connectivity index (χ0) is 15.6. The maximum atomic E-state index is 13.2. The highest BCUT2D eigenvalue weighted by molar-refractivity contribution is 7.20. The summed E-state index contributed by atoms with van der Waals surface area (Å²) >= 11 is 1.40. The molecule has 0 saturated heterocycles. The Hall–Kier alpha value is -1.42. The van der Waals surface area contributed by atoms with Crippen LogP contribution in [0.25, 0.3) is 10.1 Å². The third-order valence-electron chi connectivity index (χ3n) is 3.91. The van der Waals surface area contributed by atoms with E-state index in [-0.39, 0.29) is 11.7 Å². The lowest BCUT2D eigenvalue weighted by Crippen LogP contribution is -2.33. The molecule has 1 aromatic heterocycles. The summed E-state index contributed by atoms with van der Waals surface area (Å²) < 4.78 is 14.1. The van der Waals surface area contributed by atoms with Gasteiger partial charge in [0, 0.05) is 11.2 Å². The lowest BCUT2D eigenvalue weighted by Gasteiger charge is -2.24. The maximum Gasteiger partial charge on any atom is 0.261 e. The maximum absolute atomic E-state index is 13.2. The normalized spacial score (nSPS) is 11.8. The monoisotopic (exact) mass is 307 g/mol. The molecule has 0 aliphatic carbocycles. The molecular weight excluding hydrogens is 285 g/mol. The van der Waals surface area contributed by atoms with Crippen molar-refractivity contribution in [3.8, 4) is 0 Å². The van der Waals surface area contributed by atoms with Gasteiger partial charge in [0.1, 0.15) is 5.82 Å². The molecule has 0 aliphatic heterocycles. The minimum atomic E-state index is -0.271. The third kappa shape index (κ3) is 3.82. The summed E-state index contributed by atoms with van der Waals surface area (Å²) in [6, 6.07) is 6.37. The van der Waals surface area contributed by atoms with Gasteiger partial charge in [-0.1, -0.05) is 27.7 Å². The van der Waals surface area contributed by atoms with Crippen molar-refractivity contribution in [2.75, 3.05) is 6.54 Å². The fraction of sp³-hybridized carbons (Fsp3) is 0.471. The van der Waals surface area contributed by atoms with Gasteiger partial charge in [-0.3, -0.25) is 4.79 Å². The molecule has 1 aromatic carbocycles. The van der Waals surface area contributed by atoms with Crippen molar-refractivity contribution in [1.29, 1.82) is 0 Å². The van der Waals surface area contributed by atoms with Gasteiger partial charge in [0.2, 0.25) is 0 Å². The molecule has 1 N–H and O–H groups in total. The van der Waals surface area contributed by atoms with Gasteiger partial charge in [0.25, 0.3) is 5.91 Å². The molecule has 0 radical (unpaired) electrons. The first-order valence-corrected chi connectivity index (χ1v) is 8.17. The first-order chi connectivity index (χ1) is 9.88. The molecule has 0 fully saturated rings. The Balaban J connectivity index is 2.08. The summed E-state index contributed by atoms with van der Waals surface area (Å²) in [6.45, 7) is 9.40. The summed E-state index contributed by atoms with van der Waals surface area (Å²) in [5, 5.41) is 3.80. The van der Waals surface area contributed by atoms with Crippen LogP contribution in [-0.4, -0.2) is 12.5 Å². The Labute approximate surface area is 129 Å². The zero-order valence-electron chi connectivity index (χ0n) is 12.9. The van der Waals surface area contributed by atoms with Crippen molar-refractivity contribution in [2.24, 2.45) is 17.8 Å². The Morgan fingerprint density at radius 3 is 2.48 bits per heavy atom. The van der Waals surface area contributed by atoms with Crippen LogP contribution in [0.3, 0.4) is 0 Å². The number of carbonyl (C=O) groups excluding carboxylic acids is 1. The second-order valence-corrected chi connectivity index (χ2v) is 7.24. The van der Waals surface area contributed by atoms with Crippen LogP contribution in [-0.2, 0) is 0 Å². The molecule has 21 heavy (non-hydrogen) atoms. The second-order valence-electron chi connectivity index (χ2n) is 6.15. The highest BCUT2D eigenvalue weighted by atomic mass is 32.1. The SMILES string of the molecule is CC(C)C(CNC(=O)c1cc2cc(F)ccc2s1)C(C)C. The molecule has 2 aromatic rings. The molecule has 0 bridgehead atoms. The van der Waals surface area contributed by atoms with Gasteiger partial charge in [0.15, 0.2) is 0 Å². The van der Waals surface area contributed by atoms with E-state index in [0.717, 1.165) is 10.1 Å². The second kappa shape index (κ2) is 6.56. The third-order valence-corrected chi connectivity index (χ3v) is 5.03.